The van der Waals surface area contributed by atoms with Gasteiger partial charge >= 0.3 is 5.97 Å². The van der Waals surface area contributed by atoms with Gasteiger partial charge in [0.15, 0.2) is 0 Å². The molecule has 34 heavy (non-hydrogen) atoms. The van der Waals surface area contributed by atoms with Crippen molar-refractivity contribution in [3.8, 4) is 11.3 Å². The lowest BCUT2D eigenvalue weighted by molar-refractivity contribution is -0.113. The monoisotopic (exact) mass is 511 g/mol. The maximum Gasteiger partial charge on any atom is 0.335 e. The summed E-state index contributed by atoms with van der Waals surface area (Å²) in [5, 5.41) is 9.41. The first kappa shape index (κ1) is 21.7. The zero-order chi connectivity index (χ0) is 23.7. The van der Waals surface area contributed by atoms with E-state index in [4.69, 9.17) is 4.42 Å². The standard InChI is InChI=1S/C28H18BrNO4/c29-22-11-9-19(10-12-22)26-14-13-24(34-26)16-21-17-25(18-5-2-1-3-6-18)30(27(21)31)23-8-4-7-20(15-23)28(32)33/h1-17H,(H,32,33)/b21-16+. The maximum atomic E-state index is 13.5. The second kappa shape index (κ2) is 9.00. The van der Waals surface area contributed by atoms with E-state index >= 15 is 0 Å². The molecule has 0 unspecified atom stereocenters. The molecule has 0 saturated heterocycles. The van der Waals surface area contributed by atoms with Crippen LogP contribution in [0, 0.1) is 0 Å². The average Bonchev–Trinajstić information content (AvgIpc) is 3.45. The van der Waals surface area contributed by atoms with Crippen LogP contribution in [-0.2, 0) is 4.79 Å². The van der Waals surface area contributed by atoms with Crippen LogP contribution in [0.2, 0.25) is 0 Å². The Morgan fingerprint density at radius 3 is 2.38 bits per heavy atom. The van der Waals surface area contributed by atoms with Crippen LogP contribution in [0.25, 0.3) is 23.1 Å². The van der Waals surface area contributed by atoms with Crippen LogP contribution in [0.15, 0.2) is 112 Å². The smallest absolute Gasteiger partial charge is 0.335 e. The number of carboxylic acids is 1. The Hall–Kier alpha value is -4.16. The lowest BCUT2D eigenvalue weighted by Gasteiger charge is -2.21. The van der Waals surface area contributed by atoms with Crippen LogP contribution in [0.3, 0.4) is 0 Å². The van der Waals surface area contributed by atoms with Crippen molar-refractivity contribution in [1.29, 1.82) is 0 Å². The Labute approximate surface area is 204 Å². The van der Waals surface area contributed by atoms with Gasteiger partial charge in [-0.3, -0.25) is 9.69 Å². The van der Waals surface area contributed by atoms with Crippen molar-refractivity contribution in [3.05, 3.63) is 124 Å². The van der Waals surface area contributed by atoms with Crippen molar-refractivity contribution in [3.63, 3.8) is 0 Å². The topological polar surface area (TPSA) is 70.8 Å². The van der Waals surface area contributed by atoms with Crippen molar-refractivity contribution >= 4 is 45.3 Å². The lowest BCUT2D eigenvalue weighted by Crippen LogP contribution is -2.25. The Kier molecular flexibility index (Phi) is 5.74. The Bertz CT molecular complexity index is 1450. The Morgan fingerprint density at radius 2 is 1.65 bits per heavy atom. The Morgan fingerprint density at radius 1 is 0.882 bits per heavy atom. The van der Waals surface area contributed by atoms with Gasteiger partial charge < -0.3 is 9.52 Å². The molecule has 0 atom stereocenters. The average molecular weight is 512 g/mol. The van der Waals surface area contributed by atoms with E-state index in [1.165, 1.54) is 17.0 Å². The second-order valence-electron chi connectivity index (χ2n) is 7.70. The first-order chi connectivity index (χ1) is 16.5. The van der Waals surface area contributed by atoms with Crippen molar-refractivity contribution in [2.45, 2.75) is 0 Å². The number of hydrogen-bond donors (Lipinski definition) is 1. The van der Waals surface area contributed by atoms with Gasteiger partial charge in [-0.1, -0.05) is 64.5 Å². The lowest BCUT2D eigenvalue weighted by atomic mass is 10.1. The molecule has 0 bridgehead atoms. The van der Waals surface area contributed by atoms with E-state index in [0.29, 0.717) is 28.5 Å². The van der Waals surface area contributed by atoms with Crippen LogP contribution >= 0.6 is 15.9 Å². The molecule has 5 nitrogen and oxygen atoms in total. The third-order valence-electron chi connectivity index (χ3n) is 5.46. The summed E-state index contributed by atoms with van der Waals surface area (Å²) in [6.45, 7) is 0. The number of benzene rings is 3. The van der Waals surface area contributed by atoms with E-state index in [2.05, 4.69) is 15.9 Å². The quantitative estimate of drug-likeness (QED) is 0.296. The van der Waals surface area contributed by atoms with Gasteiger partial charge in [-0.2, -0.15) is 0 Å². The van der Waals surface area contributed by atoms with E-state index in [1.54, 1.807) is 24.3 Å². The highest BCUT2D eigenvalue weighted by atomic mass is 79.9. The summed E-state index contributed by atoms with van der Waals surface area (Å²) >= 11 is 3.43. The Balaban J connectivity index is 1.55. The molecule has 0 saturated carbocycles. The molecule has 0 aliphatic carbocycles. The normalized spacial score (nSPS) is 14.5. The van der Waals surface area contributed by atoms with Gasteiger partial charge in [0.2, 0.25) is 0 Å². The molecule has 0 fully saturated rings. The highest BCUT2D eigenvalue weighted by molar-refractivity contribution is 9.10. The van der Waals surface area contributed by atoms with E-state index in [-0.39, 0.29) is 11.5 Å². The van der Waals surface area contributed by atoms with Gasteiger partial charge in [0.05, 0.1) is 16.9 Å². The molecular weight excluding hydrogens is 494 g/mol. The summed E-state index contributed by atoms with van der Waals surface area (Å²) in [5.74, 6) is -0.0670. The van der Waals surface area contributed by atoms with Gasteiger partial charge in [0.25, 0.3) is 5.91 Å². The number of carbonyl (C=O) groups is 2. The first-order valence-corrected chi connectivity index (χ1v) is 11.3. The molecule has 6 heteroatoms. The maximum absolute atomic E-state index is 13.5. The van der Waals surface area contributed by atoms with Crippen LogP contribution in [-0.4, -0.2) is 17.0 Å². The summed E-state index contributed by atoms with van der Waals surface area (Å²) in [6, 6.07) is 27.3. The number of carboxylic acid groups (broad SMARTS) is 1. The van der Waals surface area contributed by atoms with E-state index in [0.717, 1.165) is 15.6 Å². The van der Waals surface area contributed by atoms with Crippen LogP contribution in [0.5, 0.6) is 0 Å². The molecule has 4 aromatic rings. The molecule has 1 amide bonds. The third-order valence-corrected chi connectivity index (χ3v) is 5.99. The van der Waals surface area contributed by atoms with Gasteiger partial charge in [-0.05, 0) is 60.2 Å². The van der Waals surface area contributed by atoms with Crippen molar-refractivity contribution in [2.24, 2.45) is 0 Å². The zero-order valence-electron chi connectivity index (χ0n) is 17.8. The highest BCUT2D eigenvalue weighted by Crippen LogP contribution is 2.36. The number of rotatable bonds is 5. The number of anilines is 1. The molecule has 166 valence electrons. The number of halogens is 1. The molecule has 0 radical (unpaired) electrons. The SMILES string of the molecule is O=C(O)c1cccc(N2C(=O)/C(=C/c3ccc(-c4ccc(Br)cc4)o3)C=C2c2ccccc2)c1. The second-order valence-corrected chi connectivity index (χ2v) is 8.62. The van der Waals surface area contributed by atoms with E-state index < -0.39 is 5.97 Å². The molecule has 5 rings (SSSR count). The minimum atomic E-state index is -1.05. The van der Waals surface area contributed by atoms with Gasteiger partial charge in [-0.15, -0.1) is 0 Å². The summed E-state index contributed by atoms with van der Waals surface area (Å²) in [4.78, 5) is 26.5. The van der Waals surface area contributed by atoms with Gasteiger partial charge in [0, 0.05) is 15.6 Å². The predicted octanol–water partition coefficient (Wildman–Crippen LogP) is 6.88. The van der Waals surface area contributed by atoms with Gasteiger partial charge in [-0.25, -0.2) is 4.79 Å². The van der Waals surface area contributed by atoms with E-state index in [1.807, 2.05) is 66.7 Å². The molecule has 1 aromatic heterocycles. The summed E-state index contributed by atoms with van der Waals surface area (Å²) in [6.07, 6.45) is 3.50. The third kappa shape index (κ3) is 4.23. The minimum absolute atomic E-state index is 0.111. The molecule has 1 aliphatic rings. The zero-order valence-corrected chi connectivity index (χ0v) is 19.4. The summed E-state index contributed by atoms with van der Waals surface area (Å²) < 4.78 is 6.96. The molecule has 3 aromatic carbocycles. The number of furan rings is 1. The largest absolute Gasteiger partial charge is 0.478 e. The summed E-state index contributed by atoms with van der Waals surface area (Å²) in [7, 11) is 0. The number of carbonyl (C=O) groups excluding carboxylic acids is 1. The number of amides is 1. The molecule has 1 N–H and O–H groups in total. The first-order valence-electron chi connectivity index (χ1n) is 10.5. The van der Waals surface area contributed by atoms with Crippen LogP contribution < -0.4 is 4.90 Å². The number of hydrogen-bond acceptors (Lipinski definition) is 3. The van der Waals surface area contributed by atoms with Crippen molar-refractivity contribution in [1.82, 2.24) is 0 Å². The molecular formula is C28H18BrNO4. The fraction of sp³-hybridized carbons (Fsp3) is 0. The van der Waals surface area contributed by atoms with Crippen LogP contribution in [0.4, 0.5) is 5.69 Å². The fourth-order valence-electron chi connectivity index (χ4n) is 3.82. The van der Waals surface area contributed by atoms with Crippen LogP contribution in [0.1, 0.15) is 21.7 Å². The van der Waals surface area contributed by atoms with Crippen molar-refractivity contribution < 1.29 is 19.1 Å². The molecule has 0 spiro atoms. The number of aromatic carboxylic acids is 1. The minimum Gasteiger partial charge on any atom is -0.478 e. The molecule has 2 heterocycles. The molecule has 1 aliphatic heterocycles. The predicted molar refractivity (Wildman–Crippen MR) is 135 cm³/mol. The highest BCUT2D eigenvalue weighted by Gasteiger charge is 2.31. The fourth-order valence-corrected chi connectivity index (χ4v) is 4.09. The van der Waals surface area contributed by atoms with Crippen molar-refractivity contribution in [2.75, 3.05) is 4.90 Å². The summed E-state index contributed by atoms with van der Waals surface area (Å²) in [5.41, 5.74) is 3.47. The number of nitrogens with zero attached hydrogens (tertiary/aromatic N) is 1. The van der Waals surface area contributed by atoms with E-state index in [9.17, 15) is 14.7 Å². The van der Waals surface area contributed by atoms with Gasteiger partial charge in [0.1, 0.15) is 11.5 Å².